The minimum absolute atomic E-state index is 0.151. The summed E-state index contributed by atoms with van der Waals surface area (Å²) in [5.41, 5.74) is 3.00. The molecule has 0 unspecified atom stereocenters. The highest BCUT2D eigenvalue weighted by Crippen LogP contribution is 2.27. The topological polar surface area (TPSA) is 76.9 Å². The van der Waals surface area contributed by atoms with Gasteiger partial charge in [-0.05, 0) is 42.8 Å². The molecular weight excluding hydrogens is 440 g/mol. The molecule has 0 saturated carbocycles. The molecule has 152 valence electrons. The monoisotopic (exact) mass is 456 g/mol. The van der Waals surface area contributed by atoms with E-state index in [1.54, 1.807) is 22.8 Å². The third-order valence-electron chi connectivity index (χ3n) is 4.24. The Morgan fingerprint density at radius 3 is 2.83 bits per heavy atom. The van der Waals surface area contributed by atoms with Gasteiger partial charge in [-0.15, -0.1) is 11.3 Å². The van der Waals surface area contributed by atoms with Crippen molar-refractivity contribution in [1.29, 1.82) is 0 Å². The van der Waals surface area contributed by atoms with Crippen LogP contribution in [-0.4, -0.2) is 20.4 Å². The Morgan fingerprint density at radius 2 is 2.07 bits per heavy atom. The first-order chi connectivity index (χ1) is 14.4. The Balaban J connectivity index is 1.77. The van der Waals surface area contributed by atoms with Crippen LogP contribution in [0.1, 0.15) is 18.2 Å². The summed E-state index contributed by atoms with van der Waals surface area (Å²) in [5.74, 6) is 0.338. The zero-order valence-corrected chi connectivity index (χ0v) is 18.6. The van der Waals surface area contributed by atoms with Gasteiger partial charge in [0.1, 0.15) is 0 Å². The summed E-state index contributed by atoms with van der Waals surface area (Å²) in [6, 6.07) is 12.8. The van der Waals surface area contributed by atoms with Gasteiger partial charge >= 0.3 is 0 Å². The molecule has 9 heteroatoms. The standard InChI is InChI=1S/C21H17ClN4O2S2/c1-12-4-3-5-16(8-12)26-19(28)17-7-6-14(22)9-18(17)25-21(26)30-11-15-10-29-20(24-15)23-13(2)27/h3-10H,11H2,1-2H3,(H,23,24,27). The van der Waals surface area contributed by atoms with E-state index >= 15 is 0 Å². The van der Waals surface area contributed by atoms with E-state index in [9.17, 15) is 9.59 Å². The van der Waals surface area contributed by atoms with Crippen molar-refractivity contribution in [3.63, 3.8) is 0 Å². The average molecular weight is 457 g/mol. The molecule has 0 radical (unpaired) electrons. The Hall–Kier alpha value is -2.68. The molecule has 0 aliphatic heterocycles. The third-order valence-corrected chi connectivity index (χ3v) is 6.26. The summed E-state index contributed by atoms with van der Waals surface area (Å²) in [4.78, 5) is 33.7. The fourth-order valence-electron chi connectivity index (χ4n) is 2.95. The fraction of sp³-hybridized carbons (Fsp3) is 0.143. The number of benzene rings is 2. The predicted molar refractivity (Wildman–Crippen MR) is 123 cm³/mol. The minimum Gasteiger partial charge on any atom is -0.302 e. The maximum atomic E-state index is 13.3. The van der Waals surface area contributed by atoms with Crippen molar-refractivity contribution in [3.05, 3.63) is 74.5 Å². The highest BCUT2D eigenvalue weighted by atomic mass is 35.5. The van der Waals surface area contributed by atoms with Gasteiger partial charge in [-0.25, -0.2) is 9.97 Å². The zero-order valence-electron chi connectivity index (χ0n) is 16.2. The van der Waals surface area contributed by atoms with Crippen LogP contribution in [0.25, 0.3) is 16.6 Å². The number of fused-ring (bicyclic) bond motifs is 1. The third kappa shape index (κ3) is 4.40. The summed E-state index contributed by atoms with van der Waals surface area (Å²) in [7, 11) is 0. The van der Waals surface area contributed by atoms with E-state index in [0.29, 0.717) is 32.0 Å². The average Bonchev–Trinajstić information content (AvgIpc) is 3.12. The maximum Gasteiger partial charge on any atom is 0.266 e. The minimum atomic E-state index is -0.162. The Labute approximate surface area is 185 Å². The fourth-order valence-corrected chi connectivity index (χ4v) is 4.88. The van der Waals surface area contributed by atoms with Crippen LogP contribution in [0.2, 0.25) is 5.02 Å². The number of hydrogen-bond acceptors (Lipinski definition) is 6. The summed E-state index contributed by atoms with van der Waals surface area (Å²) < 4.78 is 1.62. The SMILES string of the molecule is CC(=O)Nc1nc(CSc2nc3cc(Cl)ccc3c(=O)n2-c2cccc(C)c2)cs1. The molecule has 2 aromatic heterocycles. The molecule has 6 nitrogen and oxygen atoms in total. The number of nitrogens with zero attached hydrogens (tertiary/aromatic N) is 3. The summed E-state index contributed by atoms with van der Waals surface area (Å²) in [6.45, 7) is 3.43. The van der Waals surface area contributed by atoms with Crippen molar-refractivity contribution in [3.8, 4) is 5.69 Å². The number of halogens is 1. The lowest BCUT2D eigenvalue weighted by Crippen LogP contribution is -2.21. The van der Waals surface area contributed by atoms with Crippen LogP contribution in [0.3, 0.4) is 0 Å². The number of carbonyl (C=O) groups is 1. The number of nitrogens with one attached hydrogen (secondary N) is 1. The highest BCUT2D eigenvalue weighted by Gasteiger charge is 2.15. The molecule has 4 rings (SSSR count). The number of anilines is 1. The van der Waals surface area contributed by atoms with Gasteiger partial charge in [-0.3, -0.25) is 14.2 Å². The Morgan fingerprint density at radius 1 is 1.23 bits per heavy atom. The molecule has 0 aliphatic rings. The summed E-state index contributed by atoms with van der Waals surface area (Å²) in [5, 5.41) is 6.69. The first-order valence-electron chi connectivity index (χ1n) is 9.05. The number of thioether (sulfide) groups is 1. The second kappa shape index (κ2) is 8.59. The largest absolute Gasteiger partial charge is 0.302 e. The first kappa shape index (κ1) is 20.6. The Bertz CT molecular complexity index is 1320. The molecule has 0 atom stereocenters. The first-order valence-corrected chi connectivity index (χ1v) is 11.3. The second-order valence-corrected chi connectivity index (χ2v) is 8.89. The number of aromatic nitrogens is 3. The molecule has 1 N–H and O–H groups in total. The number of hydrogen-bond donors (Lipinski definition) is 1. The molecule has 0 fully saturated rings. The van der Waals surface area contributed by atoms with E-state index in [1.807, 2.05) is 36.6 Å². The maximum absolute atomic E-state index is 13.3. The second-order valence-electron chi connectivity index (χ2n) is 6.65. The Kier molecular flexibility index (Phi) is 5.90. The molecule has 0 aliphatic carbocycles. The molecule has 0 bridgehead atoms. The summed E-state index contributed by atoms with van der Waals surface area (Å²) >= 11 is 8.89. The van der Waals surface area contributed by atoms with Crippen LogP contribution in [0.5, 0.6) is 0 Å². The van der Waals surface area contributed by atoms with E-state index in [2.05, 4.69) is 10.3 Å². The van der Waals surface area contributed by atoms with Crippen molar-refractivity contribution in [1.82, 2.24) is 14.5 Å². The van der Waals surface area contributed by atoms with Crippen LogP contribution >= 0.6 is 34.7 Å². The van der Waals surface area contributed by atoms with Crippen LogP contribution in [0.4, 0.5) is 5.13 Å². The van der Waals surface area contributed by atoms with E-state index in [4.69, 9.17) is 16.6 Å². The summed E-state index contributed by atoms with van der Waals surface area (Å²) in [6.07, 6.45) is 0. The van der Waals surface area contributed by atoms with Gasteiger partial charge in [0.15, 0.2) is 10.3 Å². The molecule has 30 heavy (non-hydrogen) atoms. The molecule has 4 aromatic rings. The molecule has 0 saturated heterocycles. The van der Waals surface area contributed by atoms with Crippen LogP contribution in [0, 0.1) is 6.92 Å². The number of aryl methyl sites for hydroxylation is 1. The van der Waals surface area contributed by atoms with Crippen molar-refractivity contribution in [2.24, 2.45) is 0 Å². The van der Waals surface area contributed by atoms with Crippen molar-refractivity contribution in [2.75, 3.05) is 5.32 Å². The molecule has 2 heterocycles. The molecule has 1 amide bonds. The molecule has 2 aromatic carbocycles. The van der Waals surface area contributed by atoms with E-state index in [1.165, 1.54) is 30.0 Å². The van der Waals surface area contributed by atoms with Gasteiger partial charge in [0.2, 0.25) is 5.91 Å². The van der Waals surface area contributed by atoms with E-state index < -0.39 is 0 Å². The molecular formula is C21H17ClN4O2S2. The van der Waals surface area contributed by atoms with Gasteiger partial charge in [-0.1, -0.05) is 35.5 Å². The van der Waals surface area contributed by atoms with Gasteiger partial charge in [0.25, 0.3) is 5.56 Å². The van der Waals surface area contributed by atoms with E-state index in [0.717, 1.165) is 16.9 Å². The highest BCUT2D eigenvalue weighted by molar-refractivity contribution is 7.98. The van der Waals surface area contributed by atoms with Gasteiger partial charge in [-0.2, -0.15) is 0 Å². The molecule has 0 spiro atoms. The number of carbonyl (C=O) groups excluding carboxylic acids is 1. The smallest absolute Gasteiger partial charge is 0.266 e. The van der Waals surface area contributed by atoms with Crippen molar-refractivity contribution < 1.29 is 4.79 Å². The quantitative estimate of drug-likeness (QED) is 0.335. The van der Waals surface area contributed by atoms with E-state index in [-0.39, 0.29) is 11.5 Å². The van der Waals surface area contributed by atoms with Crippen LogP contribution in [-0.2, 0) is 10.5 Å². The lowest BCUT2D eigenvalue weighted by atomic mass is 10.2. The number of amides is 1. The van der Waals surface area contributed by atoms with Gasteiger partial charge in [0.05, 0.1) is 22.3 Å². The van der Waals surface area contributed by atoms with Crippen molar-refractivity contribution in [2.45, 2.75) is 24.8 Å². The van der Waals surface area contributed by atoms with Gasteiger partial charge in [0, 0.05) is 23.1 Å². The van der Waals surface area contributed by atoms with Crippen LogP contribution < -0.4 is 10.9 Å². The lowest BCUT2D eigenvalue weighted by Gasteiger charge is -2.13. The van der Waals surface area contributed by atoms with Crippen molar-refractivity contribution >= 4 is 56.6 Å². The number of rotatable bonds is 5. The lowest BCUT2D eigenvalue weighted by molar-refractivity contribution is -0.114. The normalized spacial score (nSPS) is 11.0. The van der Waals surface area contributed by atoms with Gasteiger partial charge < -0.3 is 5.32 Å². The zero-order chi connectivity index (χ0) is 21.3. The predicted octanol–water partition coefficient (Wildman–Crippen LogP) is 5.05. The number of thiazole rings is 1. The van der Waals surface area contributed by atoms with Crippen LogP contribution in [0.15, 0.2) is 57.8 Å².